The van der Waals surface area contributed by atoms with Crippen molar-refractivity contribution in [3.63, 3.8) is 0 Å². The molecule has 3 rings (SSSR count). The molecular formula is C21H24N4O2S2. The molecule has 0 bridgehead atoms. The van der Waals surface area contributed by atoms with E-state index in [2.05, 4.69) is 20.6 Å². The molecule has 2 N–H and O–H groups in total. The molecule has 0 aliphatic carbocycles. The van der Waals surface area contributed by atoms with E-state index in [1.807, 2.05) is 47.8 Å². The molecule has 0 radical (unpaired) electrons. The number of nitrogens with one attached hydrogen (secondary N) is 2. The van der Waals surface area contributed by atoms with E-state index >= 15 is 0 Å². The normalized spacial score (nSPS) is 12.0. The smallest absolute Gasteiger partial charge is 0.191 e. The maximum absolute atomic E-state index is 11.7. The van der Waals surface area contributed by atoms with E-state index in [-0.39, 0.29) is 0 Å². The number of guanidine groups is 1. The van der Waals surface area contributed by atoms with Crippen molar-refractivity contribution in [2.24, 2.45) is 4.99 Å². The quantitative estimate of drug-likeness (QED) is 0.464. The maximum Gasteiger partial charge on any atom is 0.191 e. The van der Waals surface area contributed by atoms with Crippen LogP contribution in [0.4, 0.5) is 0 Å². The van der Waals surface area contributed by atoms with Gasteiger partial charge in [0.2, 0.25) is 0 Å². The monoisotopic (exact) mass is 428 g/mol. The summed E-state index contributed by atoms with van der Waals surface area (Å²) in [7, 11) is -1.49. The number of rotatable bonds is 6. The van der Waals surface area contributed by atoms with Crippen molar-refractivity contribution >= 4 is 27.1 Å². The summed E-state index contributed by atoms with van der Waals surface area (Å²) in [5, 5.41) is 9.53. The first-order valence-corrected chi connectivity index (χ1v) is 11.9. The Balaban J connectivity index is 1.57. The number of aliphatic imine (C=N–C) groups is 1. The van der Waals surface area contributed by atoms with Crippen LogP contribution in [0.3, 0.4) is 0 Å². The van der Waals surface area contributed by atoms with Crippen LogP contribution >= 0.6 is 11.3 Å². The number of thiazole rings is 1. The Labute approximate surface area is 175 Å². The Morgan fingerprint density at radius 3 is 2.48 bits per heavy atom. The van der Waals surface area contributed by atoms with E-state index in [0.29, 0.717) is 23.9 Å². The van der Waals surface area contributed by atoms with Gasteiger partial charge in [-0.15, -0.1) is 11.3 Å². The summed E-state index contributed by atoms with van der Waals surface area (Å²) >= 11 is 1.62. The first kappa shape index (κ1) is 21.0. The molecule has 2 aromatic carbocycles. The number of aromatic nitrogens is 1. The van der Waals surface area contributed by atoms with Crippen LogP contribution in [-0.4, -0.2) is 32.7 Å². The number of benzene rings is 2. The third kappa shape index (κ3) is 5.65. The Hall–Kier alpha value is -2.71. The lowest BCUT2D eigenvalue weighted by atomic mass is 10.1. The molecule has 0 saturated carbocycles. The molecule has 0 amide bonds. The molecular weight excluding hydrogens is 404 g/mol. The fraction of sp³-hybridized carbons (Fsp3) is 0.238. The molecule has 3 aromatic rings. The van der Waals surface area contributed by atoms with Crippen LogP contribution in [0.25, 0.3) is 10.6 Å². The third-order valence-corrected chi connectivity index (χ3v) is 6.53. The van der Waals surface area contributed by atoms with Gasteiger partial charge >= 0.3 is 0 Å². The van der Waals surface area contributed by atoms with Crippen LogP contribution in [0, 0.1) is 6.92 Å². The van der Waals surface area contributed by atoms with Gasteiger partial charge in [-0.25, -0.2) is 13.4 Å². The first-order chi connectivity index (χ1) is 13.9. The molecule has 0 unspecified atom stereocenters. The van der Waals surface area contributed by atoms with Crippen LogP contribution in [0.2, 0.25) is 0 Å². The van der Waals surface area contributed by atoms with Crippen molar-refractivity contribution in [1.82, 2.24) is 15.6 Å². The molecule has 0 atom stereocenters. The summed E-state index contributed by atoms with van der Waals surface area (Å²) in [5.41, 5.74) is 3.79. The highest BCUT2D eigenvalue weighted by atomic mass is 32.2. The SMILES string of the molecule is CN=C(NCc1ccc(S(C)(=O)=O)c(C)c1)NCc1csc(-c2ccccc2)n1. The molecule has 152 valence electrons. The van der Waals surface area contributed by atoms with E-state index in [4.69, 9.17) is 0 Å². The molecule has 0 aliphatic rings. The second-order valence-corrected chi connectivity index (χ2v) is 9.50. The summed E-state index contributed by atoms with van der Waals surface area (Å²) in [6, 6.07) is 15.4. The zero-order chi connectivity index (χ0) is 20.9. The average Bonchev–Trinajstić information content (AvgIpc) is 3.17. The van der Waals surface area contributed by atoms with Crippen molar-refractivity contribution < 1.29 is 8.42 Å². The molecule has 0 aliphatic heterocycles. The van der Waals surface area contributed by atoms with Gasteiger partial charge in [-0.2, -0.15) is 0 Å². The second-order valence-electron chi connectivity index (χ2n) is 6.66. The highest BCUT2D eigenvalue weighted by molar-refractivity contribution is 7.90. The lowest BCUT2D eigenvalue weighted by Crippen LogP contribution is -2.36. The zero-order valence-electron chi connectivity index (χ0n) is 16.6. The van der Waals surface area contributed by atoms with Crippen LogP contribution in [0.15, 0.2) is 63.8 Å². The van der Waals surface area contributed by atoms with Gasteiger partial charge in [0.25, 0.3) is 0 Å². The number of aryl methyl sites for hydroxylation is 1. The van der Waals surface area contributed by atoms with E-state index < -0.39 is 9.84 Å². The highest BCUT2D eigenvalue weighted by Crippen LogP contribution is 2.23. The number of sulfone groups is 1. The second kappa shape index (κ2) is 9.19. The van der Waals surface area contributed by atoms with Gasteiger partial charge in [0.15, 0.2) is 15.8 Å². The van der Waals surface area contributed by atoms with Crippen LogP contribution < -0.4 is 10.6 Å². The van der Waals surface area contributed by atoms with Gasteiger partial charge in [-0.1, -0.05) is 42.5 Å². The molecule has 1 heterocycles. The van der Waals surface area contributed by atoms with Crippen molar-refractivity contribution in [1.29, 1.82) is 0 Å². The van der Waals surface area contributed by atoms with Crippen molar-refractivity contribution in [2.45, 2.75) is 24.9 Å². The highest BCUT2D eigenvalue weighted by Gasteiger charge is 2.11. The predicted molar refractivity (Wildman–Crippen MR) is 119 cm³/mol. The van der Waals surface area contributed by atoms with E-state index in [1.54, 1.807) is 31.4 Å². The summed E-state index contributed by atoms with van der Waals surface area (Å²) in [6.07, 6.45) is 1.22. The number of nitrogens with zero attached hydrogens (tertiary/aromatic N) is 2. The minimum absolute atomic E-state index is 0.363. The van der Waals surface area contributed by atoms with E-state index in [0.717, 1.165) is 27.4 Å². The molecule has 6 nitrogen and oxygen atoms in total. The van der Waals surface area contributed by atoms with Crippen LogP contribution in [-0.2, 0) is 22.9 Å². The predicted octanol–water partition coefficient (Wildman–Crippen LogP) is 3.39. The van der Waals surface area contributed by atoms with E-state index in [1.165, 1.54) is 6.26 Å². The summed E-state index contributed by atoms with van der Waals surface area (Å²) in [4.78, 5) is 9.26. The van der Waals surface area contributed by atoms with Gasteiger partial charge < -0.3 is 10.6 Å². The van der Waals surface area contributed by atoms with Gasteiger partial charge in [0.1, 0.15) is 5.01 Å². The summed E-state index contributed by atoms with van der Waals surface area (Å²) in [6.45, 7) is 2.91. The zero-order valence-corrected chi connectivity index (χ0v) is 18.3. The Bertz CT molecular complexity index is 1110. The third-order valence-electron chi connectivity index (χ3n) is 4.33. The van der Waals surface area contributed by atoms with Gasteiger partial charge in [-0.05, 0) is 24.1 Å². The van der Waals surface area contributed by atoms with Crippen molar-refractivity contribution in [2.75, 3.05) is 13.3 Å². The van der Waals surface area contributed by atoms with Crippen LogP contribution in [0.5, 0.6) is 0 Å². The Morgan fingerprint density at radius 2 is 1.83 bits per heavy atom. The summed E-state index contributed by atoms with van der Waals surface area (Å²) < 4.78 is 23.5. The number of hydrogen-bond acceptors (Lipinski definition) is 5. The van der Waals surface area contributed by atoms with Crippen LogP contribution in [0.1, 0.15) is 16.8 Å². The van der Waals surface area contributed by atoms with Gasteiger partial charge in [0, 0.05) is 30.8 Å². The minimum atomic E-state index is -3.21. The van der Waals surface area contributed by atoms with Crippen molar-refractivity contribution in [3.8, 4) is 10.6 Å². The molecule has 0 fully saturated rings. The van der Waals surface area contributed by atoms with Gasteiger partial charge in [0.05, 0.1) is 17.1 Å². The minimum Gasteiger partial charge on any atom is -0.352 e. The molecule has 1 aromatic heterocycles. The lowest BCUT2D eigenvalue weighted by molar-refractivity contribution is 0.601. The fourth-order valence-corrected chi connectivity index (χ4v) is 4.70. The van der Waals surface area contributed by atoms with Gasteiger partial charge in [-0.3, -0.25) is 4.99 Å². The lowest BCUT2D eigenvalue weighted by Gasteiger charge is -2.12. The molecule has 0 spiro atoms. The standard InChI is InChI=1S/C21H24N4O2S2/c1-15-11-16(9-10-19(15)29(3,26)27)12-23-21(22-2)24-13-18-14-28-20(25-18)17-7-5-4-6-8-17/h4-11,14H,12-13H2,1-3H3,(H2,22,23,24). The molecule has 8 heteroatoms. The topological polar surface area (TPSA) is 83.5 Å². The van der Waals surface area contributed by atoms with E-state index in [9.17, 15) is 8.42 Å². The Kier molecular flexibility index (Phi) is 6.66. The molecule has 29 heavy (non-hydrogen) atoms. The molecule has 0 saturated heterocycles. The Morgan fingerprint density at radius 1 is 1.10 bits per heavy atom. The average molecular weight is 429 g/mol. The first-order valence-electron chi connectivity index (χ1n) is 9.11. The summed E-state index contributed by atoms with van der Waals surface area (Å²) in [5.74, 6) is 0.657. The maximum atomic E-state index is 11.7. The fourth-order valence-electron chi connectivity index (χ4n) is 2.92. The number of hydrogen-bond donors (Lipinski definition) is 2. The van der Waals surface area contributed by atoms with Crippen molar-refractivity contribution in [3.05, 3.63) is 70.7 Å². The largest absolute Gasteiger partial charge is 0.352 e.